The van der Waals surface area contributed by atoms with Gasteiger partial charge in [-0.1, -0.05) is 0 Å². The molecule has 1 saturated carbocycles. The van der Waals surface area contributed by atoms with Gasteiger partial charge in [0.25, 0.3) is 0 Å². The van der Waals surface area contributed by atoms with Crippen molar-refractivity contribution in [3.05, 3.63) is 16.6 Å². The molecule has 1 heterocycles. The smallest absolute Gasteiger partial charge is 0.0794 e. The molecule has 3 nitrogen and oxygen atoms in total. The molecule has 0 radical (unpaired) electrons. The van der Waals surface area contributed by atoms with E-state index in [-0.39, 0.29) is 5.54 Å². The summed E-state index contributed by atoms with van der Waals surface area (Å²) < 4.78 is 0. The van der Waals surface area contributed by atoms with Crippen LogP contribution in [0.3, 0.4) is 0 Å². The number of nitrogens with two attached hydrogens (primary N) is 1. The minimum atomic E-state index is -0.0231. The highest BCUT2D eigenvalue weighted by Gasteiger charge is 2.37. The lowest BCUT2D eigenvalue weighted by Crippen LogP contribution is -2.47. The van der Waals surface area contributed by atoms with Crippen molar-refractivity contribution in [2.45, 2.75) is 31.8 Å². The largest absolute Gasteiger partial charge is 0.324 e. The lowest BCUT2D eigenvalue weighted by atomic mass is 9.97. The fraction of sp³-hybridized carbons (Fsp3) is 0.700. The molecule has 78 valence electrons. The summed E-state index contributed by atoms with van der Waals surface area (Å²) in [5, 5.41) is 3.39. The average Bonchev–Trinajstić information content (AvgIpc) is 2.87. The van der Waals surface area contributed by atoms with Crippen molar-refractivity contribution >= 4 is 11.3 Å². The quantitative estimate of drug-likeness (QED) is 0.773. The fourth-order valence-corrected chi connectivity index (χ4v) is 2.24. The molecule has 0 amide bonds. The SMILES string of the molecule is CC(N)(CNCc1cncs1)C1CC1. The second-order valence-electron chi connectivity index (χ2n) is 4.35. The number of thiazole rings is 1. The molecule has 2 rings (SSSR count). The van der Waals surface area contributed by atoms with E-state index in [1.807, 2.05) is 11.7 Å². The van der Waals surface area contributed by atoms with E-state index in [9.17, 15) is 0 Å². The van der Waals surface area contributed by atoms with E-state index < -0.39 is 0 Å². The highest BCUT2D eigenvalue weighted by atomic mass is 32.1. The van der Waals surface area contributed by atoms with Gasteiger partial charge in [-0.15, -0.1) is 11.3 Å². The normalized spacial score (nSPS) is 20.7. The van der Waals surface area contributed by atoms with Crippen molar-refractivity contribution in [2.24, 2.45) is 11.7 Å². The zero-order valence-electron chi connectivity index (χ0n) is 8.49. The van der Waals surface area contributed by atoms with Crippen LogP contribution in [0.15, 0.2) is 11.7 Å². The van der Waals surface area contributed by atoms with Gasteiger partial charge < -0.3 is 11.1 Å². The van der Waals surface area contributed by atoms with Gasteiger partial charge in [-0.3, -0.25) is 4.98 Å². The van der Waals surface area contributed by atoms with Crippen LogP contribution in [-0.2, 0) is 6.54 Å². The summed E-state index contributed by atoms with van der Waals surface area (Å²) in [5.41, 5.74) is 8.02. The molecule has 0 aliphatic heterocycles. The Labute approximate surface area is 88.7 Å². The molecule has 1 aromatic heterocycles. The molecule has 3 N–H and O–H groups in total. The first-order valence-corrected chi connectivity index (χ1v) is 5.93. The third-order valence-corrected chi connectivity index (χ3v) is 3.58. The van der Waals surface area contributed by atoms with E-state index in [1.54, 1.807) is 11.3 Å². The second-order valence-corrected chi connectivity index (χ2v) is 5.32. The van der Waals surface area contributed by atoms with Gasteiger partial charge in [0.15, 0.2) is 0 Å². The molecule has 1 aromatic rings. The molecule has 14 heavy (non-hydrogen) atoms. The molecule has 0 bridgehead atoms. The number of hydrogen-bond donors (Lipinski definition) is 2. The van der Waals surface area contributed by atoms with Gasteiger partial charge in [0.2, 0.25) is 0 Å². The highest BCUT2D eigenvalue weighted by Crippen LogP contribution is 2.37. The topological polar surface area (TPSA) is 50.9 Å². The molecule has 1 aliphatic rings. The molecule has 1 aliphatic carbocycles. The summed E-state index contributed by atoms with van der Waals surface area (Å²) >= 11 is 1.68. The van der Waals surface area contributed by atoms with Crippen LogP contribution in [0, 0.1) is 5.92 Å². The maximum Gasteiger partial charge on any atom is 0.0794 e. The maximum atomic E-state index is 6.19. The van der Waals surface area contributed by atoms with Crippen molar-refractivity contribution in [2.75, 3.05) is 6.54 Å². The summed E-state index contributed by atoms with van der Waals surface area (Å²) in [7, 11) is 0. The van der Waals surface area contributed by atoms with Crippen LogP contribution < -0.4 is 11.1 Å². The number of hydrogen-bond acceptors (Lipinski definition) is 4. The summed E-state index contributed by atoms with van der Waals surface area (Å²) in [6.07, 6.45) is 4.51. The van der Waals surface area contributed by atoms with Crippen molar-refractivity contribution in [1.82, 2.24) is 10.3 Å². The van der Waals surface area contributed by atoms with Gasteiger partial charge in [-0.25, -0.2) is 0 Å². The third-order valence-electron chi connectivity index (χ3n) is 2.80. The molecule has 1 unspecified atom stereocenters. The monoisotopic (exact) mass is 211 g/mol. The van der Waals surface area contributed by atoms with Gasteiger partial charge in [0.1, 0.15) is 0 Å². The summed E-state index contributed by atoms with van der Waals surface area (Å²) in [5.74, 6) is 0.733. The van der Waals surface area contributed by atoms with Crippen LogP contribution >= 0.6 is 11.3 Å². The lowest BCUT2D eigenvalue weighted by Gasteiger charge is -2.24. The second kappa shape index (κ2) is 3.96. The Bertz CT molecular complexity index is 278. The molecule has 0 aromatic carbocycles. The predicted octanol–water partition coefficient (Wildman–Crippen LogP) is 1.36. The first-order chi connectivity index (χ1) is 6.68. The van der Waals surface area contributed by atoms with Crippen LogP contribution in [-0.4, -0.2) is 17.1 Å². The first-order valence-electron chi connectivity index (χ1n) is 5.05. The Morgan fingerprint density at radius 1 is 1.71 bits per heavy atom. The molecule has 1 atom stereocenters. The Hall–Kier alpha value is -0.450. The molecule has 0 saturated heterocycles. The summed E-state index contributed by atoms with van der Waals surface area (Å²) in [6, 6.07) is 0. The van der Waals surface area contributed by atoms with Gasteiger partial charge in [-0.2, -0.15) is 0 Å². The Morgan fingerprint density at radius 3 is 3.07 bits per heavy atom. The lowest BCUT2D eigenvalue weighted by molar-refractivity contribution is 0.380. The van der Waals surface area contributed by atoms with Crippen LogP contribution in [0.2, 0.25) is 0 Å². The fourth-order valence-electron chi connectivity index (χ4n) is 1.67. The standard InChI is InChI=1S/C10H17N3S/c1-10(11,8-2-3-8)6-12-4-9-5-13-7-14-9/h5,7-8,12H,2-4,6,11H2,1H3. The van der Waals surface area contributed by atoms with E-state index in [0.717, 1.165) is 19.0 Å². The van der Waals surface area contributed by atoms with Crippen LogP contribution in [0.4, 0.5) is 0 Å². The summed E-state index contributed by atoms with van der Waals surface area (Å²) in [6.45, 7) is 3.93. The third kappa shape index (κ3) is 2.53. The van der Waals surface area contributed by atoms with Crippen LogP contribution in [0.1, 0.15) is 24.6 Å². The van der Waals surface area contributed by atoms with Gasteiger partial charge >= 0.3 is 0 Å². The van der Waals surface area contributed by atoms with E-state index in [1.165, 1.54) is 17.7 Å². The first kappa shape index (κ1) is 10.1. The van der Waals surface area contributed by atoms with E-state index in [2.05, 4.69) is 17.2 Å². The number of nitrogens with one attached hydrogen (secondary N) is 1. The molecular weight excluding hydrogens is 194 g/mol. The maximum absolute atomic E-state index is 6.19. The molecular formula is C10H17N3S. The molecule has 1 fully saturated rings. The molecule has 4 heteroatoms. The van der Waals surface area contributed by atoms with Gasteiger partial charge in [-0.05, 0) is 25.7 Å². The van der Waals surface area contributed by atoms with E-state index >= 15 is 0 Å². The van der Waals surface area contributed by atoms with Crippen LogP contribution in [0.5, 0.6) is 0 Å². The molecule has 0 spiro atoms. The van der Waals surface area contributed by atoms with Gasteiger partial charge in [0, 0.05) is 29.7 Å². The number of aromatic nitrogens is 1. The van der Waals surface area contributed by atoms with E-state index in [4.69, 9.17) is 5.73 Å². The van der Waals surface area contributed by atoms with Crippen molar-refractivity contribution in [3.8, 4) is 0 Å². The van der Waals surface area contributed by atoms with E-state index in [0.29, 0.717) is 0 Å². The predicted molar refractivity (Wildman–Crippen MR) is 59.1 cm³/mol. The summed E-state index contributed by atoms with van der Waals surface area (Å²) in [4.78, 5) is 5.31. The minimum Gasteiger partial charge on any atom is -0.324 e. The van der Waals surface area contributed by atoms with Gasteiger partial charge in [0.05, 0.1) is 5.51 Å². The Kier molecular flexibility index (Phi) is 2.85. The zero-order valence-corrected chi connectivity index (χ0v) is 9.31. The highest BCUT2D eigenvalue weighted by molar-refractivity contribution is 7.09. The minimum absolute atomic E-state index is 0.0231. The zero-order chi connectivity index (χ0) is 10.0. The Balaban J connectivity index is 1.72. The van der Waals surface area contributed by atoms with Crippen molar-refractivity contribution < 1.29 is 0 Å². The number of nitrogens with zero attached hydrogens (tertiary/aromatic N) is 1. The Morgan fingerprint density at radius 2 is 2.50 bits per heavy atom. The van der Waals surface area contributed by atoms with Crippen LogP contribution in [0.25, 0.3) is 0 Å². The average molecular weight is 211 g/mol. The van der Waals surface area contributed by atoms with Crippen molar-refractivity contribution in [1.29, 1.82) is 0 Å². The van der Waals surface area contributed by atoms with Crippen molar-refractivity contribution in [3.63, 3.8) is 0 Å². The number of rotatable bonds is 5.